The molecule has 0 radical (unpaired) electrons. The fourth-order valence-corrected chi connectivity index (χ4v) is 0.819. The first-order valence-electron chi connectivity index (χ1n) is 3.36. The van der Waals surface area contributed by atoms with Crippen LogP contribution in [0, 0.1) is 18.8 Å². The lowest BCUT2D eigenvalue weighted by Crippen LogP contribution is -1.85. The van der Waals surface area contributed by atoms with Crippen molar-refractivity contribution in [3.8, 4) is 11.8 Å². The molecule has 1 rings (SSSR count). The zero-order chi connectivity index (χ0) is 8.10. The molecular formula is C9H9NS. The SMILES string of the molecule is Cc1cccnc1C#CCS. The summed E-state index contributed by atoms with van der Waals surface area (Å²) in [4.78, 5) is 4.11. The number of aromatic nitrogens is 1. The smallest absolute Gasteiger partial charge is 0.116 e. The monoisotopic (exact) mass is 163 g/mol. The number of nitrogens with zero attached hydrogens (tertiary/aromatic N) is 1. The first-order chi connectivity index (χ1) is 5.34. The van der Waals surface area contributed by atoms with E-state index in [0.29, 0.717) is 5.75 Å². The summed E-state index contributed by atoms with van der Waals surface area (Å²) in [6.07, 6.45) is 1.75. The zero-order valence-corrected chi connectivity index (χ0v) is 7.23. The Morgan fingerprint density at radius 3 is 3.09 bits per heavy atom. The normalized spacial score (nSPS) is 8.55. The van der Waals surface area contributed by atoms with E-state index in [4.69, 9.17) is 0 Å². The van der Waals surface area contributed by atoms with Crippen molar-refractivity contribution in [1.29, 1.82) is 0 Å². The fourth-order valence-electron chi connectivity index (χ4n) is 0.740. The van der Waals surface area contributed by atoms with Gasteiger partial charge in [0.2, 0.25) is 0 Å². The first-order valence-corrected chi connectivity index (χ1v) is 3.99. The predicted octanol–water partition coefficient (Wildman–Crippen LogP) is 1.67. The van der Waals surface area contributed by atoms with Gasteiger partial charge in [-0.05, 0) is 24.5 Å². The third-order valence-corrected chi connectivity index (χ3v) is 1.45. The summed E-state index contributed by atoms with van der Waals surface area (Å²) in [6, 6.07) is 3.90. The van der Waals surface area contributed by atoms with Gasteiger partial charge in [-0.2, -0.15) is 12.6 Å². The van der Waals surface area contributed by atoms with E-state index in [2.05, 4.69) is 29.5 Å². The molecule has 2 heteroatoms. The van der Waals surface area contributed by atoms with Gasteiger partial charge in [0, 0.05) is 6.20 Å². The van der Waals surface area contributed by atoms with Crippen molar-refractivity contribution in [3.05, 3.63) is 29.6 Å². The highest BCUT2D eigenvalue weighted by Crippen LogP contribution is 1.99. The maximum atomic E-state index is 4.11. The summed E-state index contributed by atoms with van der Waals surface area (Å²) in [7, 11) is 0. The molecule has 0 fully saturated rings. The average molecular weight is 163 g/mol. The molecule has 0 aliphatic carbocycles. The minimum Gasteiger partial charge on any atom is -0.248 e. The molecule has 0 aliphatic rings. The van der Waals surface area contributed by atoms with E-state index in [0.717, 1.165) is 11.3 Å². The summed E-state index contributed by atoms with van der Waals surface area (Å²) in [5.41, 5.74) is 1.96. The molecule has 0 amide bonds. The summed E-state index contributed by atoms with van der Waals surface area (Å²) in [5.74, 6) is 6.36. The van der Waals surface area contributed by atoms with Gasteiger partial charge in [0.05, 0.1) is 5.75 Å². The lowest BCUT2D eigenvalue weighted by atomic mass is 10.2. The molecular weight excluding hydrogens is 154 g/mol. The van der Waals surface area contributed by atoms with E-state index >= 15 is 0 Å². The van der Waals surface area contributed by atoms with Crippen LogP contribution in [-0.2, 0) is 0 Å². The second-order valence-electron chi connectivity index (χ2n) is 2.13. The molecule has 1 aromatic heterocycles. The molecule has 0 bridgehead atoms. The molecule has 1 heterocycles. The van der Waals surface area contributed by atoms with E-state index in [9.17, 15) is 0 Å². The van der Waals surface area contributed by atoms with Gasteiger partial charge >= 0.3 is 0 Å². The minimum atomic E-state index is 0.579. The van der Waals surface area contributed by atoms with Crippen LogP contribution in [-0.4, -0.2) is 10.7 Å². The fraction of sp³-hybridized carbons (Fsp3) is 0.222. The van der Waals surface area contributed by atoms with E-state index in [1.54, 1.807) is 6.20 Å². The van der Waals surface area contributed by atoms with Crippen molar-refractivity contribution in [1.82, 2.24) is 4.98 Å². The van der Waals surface area contributed by atoms with Gasteiger partial charge in [0.15, 0.2) is 0 Å². The standard InChI is InChI=1S/C9H9NS/c1-8-4-2-6-10-9(8)5-3-7-11/h2,4,6,11H,7H2,1H3. The van der Waals surface area contributed by atoms with Crippen LogP contribution in [0.3, 0.4) is 0 Å². The molecule has 0 aliphatic heterocycles. The van der Waals surface area contributed by atoms with E-state index in [1.165, 1.54) is 0 Å². The Morgan fingerprint density at radius 2 is 2.45 bits per heavy atom. The van der Waals surface area contributed by atoms with Crippen molar-refractivity contribution in [2.24, 2.45) is 0 Å². The Bertz CT molecular complexity index is 296. The van der Waals surface area contributed by atoms with E-state index in [1.807, 2.05) is 19.1 Å². The van der Waals surface area contributed by atoms with E-state index < -0.39 is 0 Å². The Kier molecular flexibility index (Phi) is 3.00. The summed E-state index contributed by atoms with van der Waals surface area (Å²) < 4.78 is 0. The number of aryl methyl sites for hydroxylation is 1. The Hall–Kier alpha value is -0.940. The molecule has 56 valence electrons. The number of rotatable bonds is 0. The highest BCUT2D eigenvalue weighted by molar-refractivity contribution is 7.80. The zero-order valence-electron chi connectivity index (χ0n) is 6.33. The van der Waals surface area contributed by atoms with Crippen LogP contribution in [0.1, 0.15) is 11.3 Å². The number of thiol groups is 1. The minimum absolute atomic E-state index is 0.579. The molecule has 1 aromatic rings. The van der Waals surface area contributed by atoms with Gasteiger partial charge in [-0.15, -0.1) is 0 Å². The largest absolute Gasteiger partial charge is 0.248 e. The van der Waals surface area contributed by atoms with Gasteiger partial charge in [0.25, 0.3) is 0 Å². The van der Waals surface area contributed by atoms with Crippen LogP contribution in [0.15, 0.2) is 18.3 Å². The van der Waals surface area contributed by atoms with Crippen LogP contribution in [0.25, 0.3) is 0 Å². The molecule has 0 spiro atoms. The maximum Gasteiger partial charge on any atom is 0.116 e. The molecule has 0 saturated heterocycles. The molecule has 0 saturated carbocycles. The van der Waals surface area contributed by atoms with Gasteiger partial charge in [-0.25, -0.2) is 4.98 Å². The van der Waals surface area contributed by atoms with Crippen molar-refractivity contribution in [2.45, 2.75) is 6.92 Å². The highest BCUT2D eigenvalue weighted by atomic mass is 32.1. The van der Waals surface area contributed by atoms with Crippen LogP contribution in [0.4, 0.5) is 0 Å². The molecule has 11 heavy (non-hydrogen) atoms. The van der Waals surface area contributed by atoms with Gasteiger partial charge < -0.3 is 0 Å². The predicted molar refractivity (Wildman–Crippen MR) is 49.7 cm³/mol. The highest BCUT2D eigenvalue weighted by Gasteiger charge is 1.90. The third-order valence-electron chi connectivity index (χ3n) is 1.30. The van der Waals surface area contributed by atoms with Crippen molar-refractivity contribution in [2.75, 3.05) is 5.75 Å². The molecule has 0 N–H and O–H groups in total. The van der Waals surface area contributed by atoms with Crippen LogP contribution in [0.2, 0.25) is 0 Å². The second kappa shape index (κ2) is 4.05. The number of hydrogen-bond acceptors (Lipinski definition) is 2. The maximum absolute atomic E-state index is 4.11. The third kappa shape index (κ3) is 2.28. The molecule has 1 nitrogen and oxygen atoms in total. The van der Waals surface area contributed by atoms with Gasteiger partial charge in [-0.3, -0.25) is 0 Å². The van der Waals surface area contributed by atoms with Crippen LogP contribution < -0.4 is 0 Å². The summed E-state index contributed by atoms with van der Waals surface area (Å²) in [5, 5.41) is 0. The van der Waals surface area contributed by atoms with E-state index in [-0.39, 0.29) is 0 Å². The average Bonchev–Trinajstić information content (AvgIpc) is 2.03. The summed E-state index contributed by atoms with van der Waals surface area (Å²) in [6.45, 7) is 2.00. The lowest BCUT2D eigenvalue weighted by Gasteiger charge is -1.92. The quantitative estimate of drug-likeness (QED) is 0.453. The Labute approximate surface area is 72.3 Å². The Morgan fingerprint density at radius 1 is 1.64 bits per heavy atom. The van der Waals surface area contributed by atoms with Crippen LogP contribution >= 0.6 is 12.6 Å². The number of hydrogen-bond donors (Lipinski definition) is 1. The lowest BCUT2D eigenvalue weighted by molar-refractivity contribution is 1.23. The van der Waals surface area contributed by atoms with Crippen LogP contribution in [0.5, 0.6) is 0 Å². The molecule has 0 atom stereocenters. The summed E-state index contributed by atoms with van der Waals surface area (Å²) >= 11 is 3.98. The molecule has 0 unspecified atom stereocenters. The topological polar surface area (TPSA) is 12.9 Å². The van der Waals surface area contributed by atoms with Crippen molar-refractivity contribution in [3.63, 3.8) is 0 Å². The molecule has 0 aromatic carbocycles. The van der Waals surface area contributed by atoms with Gasteiger partial charge in [-0.1, -0.05) is 12.0 Å². The Balaban J connectivity index is 2.95. The van der Waals surface area contributed by atoms with Crippen molar-refractivity contribution < 1.29 is 0 Å². The number of pyridine rings is 1. The first kappa shape index (κ1) is 8.16. The second-order valence-corrected chi connectivity index (χ2v) is 2.45. The van der Waals surface area contributed by atoms with Crippen molar-refractivity contribution >= 4 is 12.6 Å². The van der Waals surface area contributed by atoms with Gasteiger partial charge in [0.1, 0.15) is 5.69 Å².